The van der Waals surface area contributed by atoms with Crippen LogP contribution in [0, 0.1) is 11.6 Å². The number of hydrogen-bond donors (Lipinski definition) is 1. The van der Waals surface area contributed by atoms with Gasteiger partial charge in [0.15, 0.2) is 0 Å². The predicted octanol–water partition coefficient (Wildman–Crippen LogP) is 1.83. The van der Waals surface area contributed by atoms with Crippen molar-refractivity contribution < 1.29 is 23.5 Å². The van der Waals surface area contributed by atoms with Gasteiger partial charge in [-0.05, 0) is 18.6 Å². The Balaban J connectivity index is 2.57. The third-order valence-corrected chi connectivity index (χ3v) is 2.70. The van der Waals surface area contributed by atoms with Gasteiger partial charge in [0.25, 0.3) is 0 Å². The van der Waals surface area contributed by atoms with Crippen molar-refractivity contribution in [2.24, 2.45) is 0 Å². The van der Waals surface area contributed by atoms with Crippen molar-refractivity contribution in [3.8, 4) is 0 Å². The second-order valence-electron chi connectivity index (χ2n) is 4.19. The molecule has 1 N–H and O–H groups in total. The topological polar surface area (TPSA) is 57.6 Å². The van der Waals surface area contributed by atoms with E-state index in [4.69, 9.17) is 5.11 Å². The molecule has 1 rings (SSSR count). The number of rotatable bonds is 6. The molecule has 0 fully saturated rings. The van der Waals surface area contributed by atoms with Crippen LogP contribution in [0.1, 0.15) is 18.4 Å². The van der Waals surface area contributed by atoms with Crippen LogP contribution >= 0.6 is 0 Å². The largest absolute Gasteiger partial charge is 0.481 e. The first-order chi connectivity index (χ1) is 8.91. The lowest BCUT2D eigenvalue weighted by molar-refractivity contribution is -0.138. The number of carbonyl (C=O) groups excluding carboxylic acids is 1. The maximum atomic E-state index is 13.3. The van der Waals surface area contributed by atoms with Crippen LogP contribution < -0.4 is 0 Å². The van der Waals surface area contributed by atoms with E-state index >= 15 is 0 Å². The van der Waals surface area contributed by atoms with Crippen LogP contribution in [0.25, 0.3) is 0 Å². The summed E-state index contributed by atoms with van der Waals surface area (Å²) in [6.07, 6.45) is -0.120. The van der Waals surface area contributed by atoms with Crippen molar-refractivity contribution >= 4 is 11.9 Å². The monoisotopic (exact) mass is 271 g/mol. The second-order valence-corrected chi connectivity index (χ2v) is 4.19. The summed E-state index contributed by atoms with van der Waals surface area (Å²) in [7, 11) is 1.48. The SMILES string of the molecule is CN(CCCC(=O)O)C(=O)Cc1c(F)cccc1F. The number of likely N-dealkylation sites (N-methyl/N-ethyl adjacent to an activating group) is 1. The van der Waals surface area contributed by atoms with Crippen molar-refractivity contribution in [1.29, 1.82) is 0 Å². The average molecular weight is 271 g/mol. The molecule has 6 heteroatoms. The summed E-state index contributed by atoms with van der Waals surface area (Å²) >= 11 is 0. The Kier molecular flexibility index (Phi) is 5.41. The lowest BCUT2D eigenvalue weighted by Crippen LogP contribution is -2.30. The number of nitrogens with zero attached hydrogens (tertiary/aromatic N) is 1. The molecule has 0 aliphatic carbocycles. The van der Waals surface area contributed by atoms with Crippen LogP contribution in [-0.4, -0.2) is 35.5 Å². The van der Waals surface area contributed by atoms with Gasteiger partial charge >= 0.3 is 5.97 Å². The number of carboxylic acids is 1. The van der Waals surface area contributed by atoms with Crippen LogP contribution in [0.15, 0.2) is 18.2 Å². The molecular formula is C13H15F2NO3. The van der Waals surface area contributed by atoms with Gasteiger partial charge in [0.1, 0.15) is 11.6 Å². The maximum absolute atomic E-state index is 13.3. The minimum Gasteiger partial charge on any atom is -0.481 e. The van der Waals surface area contributed by atoms with E-state index in [0.717, 1.165) is 12.1 Å². The summed E-state index contributed by atoms with van der Waals surface area (Å²) in [6, 6.07) is 3.42. The number of carbonyl (C=O) groups is 2. The zero-order valence-corrected chi connectivity index (χ0v) is 10.5. The lowest BCUT2D eigenvalue weighted by Gasteiger charge is -2.17. The van der Waals surface area contributed by atoms with Crippen LogP contribution in [0.5, 0.6) is 0 Å². The summed E-state index contributed by atoms with van der Waals surface area (Å²) in [5, 5.41) is 8.47. The van der Waals surface area contributed by atoms with Crippen LogP contribution in [0.4, 0.5) is 8.78 Å². The zero-order valence-electron chi connectivity index (χ0n) is 10.5. The quantitative estimate of drug-likeness (QED) is 0.858. The van der Waals surface area contributed by atoms with E-state index in [1.807, 2.05) is 0 Å². The molecule has 0 atom stereocenters. The molecule has 4 nitrogen and oxygen atoms in total. The predicted molar refractivity (Wildman–Crippen MR) is 64.6 cm³/mol. The van der Waals surface area contributed by atoms with Crippen molar-refractivity contribution in [3.63, 3.8) is 0 Å². The molecule has 19 heavy (non-hydrogen) atoms. The number of hydrogen-bond acceptors (Lipinski definition) is 2. The normalized spacial score (nSPS) is 10.3. The first-order valence-electron chi connectivity index (χ1n) is 5.80. The Morgan fingerprint density at radius 2 is 1.84 bits per heavy atom. The highest BCUT2D eigenvalue weighted by Gasteiger charge is 2.16. The van der Waals surface area contributed by atoms with Crippen LogP contribution in [0.2, 0.25) is 0 Å². The van der Waals surface area contributed by atoms with Crippen LogP contribution in [0.3, 0.4) is 0 Å². The summed E-state index contributed by atoms with van der Waals surface area (Å²) in [5.41, 5.74) is -0.266. The van der Waals surface area contributed by atoms with Crippen molar-refractivity contribution in [1.82, 2.24) is 4.90 Å². The summed E-state index contributed by atoms with van der Waals surface area (Å²) in [5.74, 6) is -2.91. The minimum absolute atomic E-state index is 0.0499. The highest BCUT2D eigenvalue weighted by atomic mass is 19.1. The van der Waals surface area contributed by atoms with Gasteiger partial charge in [-0.2, -0.15) is 0 Å². The summed E-state index contributed by atoms with van der Waals surface area (Å²) in [4.78, 5) is 23.3. The second kappa shape index (κ2) is 6.82. The maximum Gasteiger partial charge on any atom is 0.303 e. The van der Waals surface area contributed by atoms with Crippen molar-refractivity contribution in [3.05, 3.63) is 35.4 Å². The molecule has 0 bridgehead atoms. The number of carboxylic acid groups (broad SMARTS) is 1. The third kappa shape index (κ3) is 4.65. The Labute approximate surface area is 109 Å². The standard InChI is InChI=1S/C13H15F2NO3/c1-16(7-3-6-13(18)19)12(17)8-9-10(14)4-2-5-11(9)15/h2,4-5H,3,6-8H2,1H3,(H,18,19). The van der Waals surface area contributed by atoms with E-state index in [-0.39, 0.29) is 24.9 Å². The van der Waals surface area contributed by atoms with Gasteiger partial charge in [-0.3, -0.25) is 9.59 Å². The van der Waals surface area contributed by atoms with Gasteiger partial charge in [0.05, 0.1) is 6.42 Å². The Morgan fingerprint density at radius 3 is 2.37 bits per heavy atom. The molecule has 0 spiro atoms. The molecule has 0 saturated carbocycles. The molecule has 104 valence electrons. The van der Waals surface area contributed by atoms with Gasteiger partial charge in [-0.25, -0.2) is 8.78 Å². The molecule has 0 aliphatic rings. The van der Waals surface area contributed by atoms with E-state index in [2.05, 4.69) is 0 Å². The smallest absolute Gasteiger partial charge is 0.303 e. The molecule has 0 aliphatic heterocycles. The zero-order chi connectivity index (χ0) is 14.4. The molecule has 0 aromatic heterocycles. The fourth-order valence-electron chi connectivity index (χ4n) is 1.58. The minimum atomic E-state index is -0.944. The molecule has 1 aromatic rings. The highest BCUT2D eigenvalue weighted by molar-refractivity contribution is 5.78. The Morgan fingerprint density at radius 1 is 1.26 bits per heavy atom. The summed E-state index contributed by atoms with van der Waals surface area (Å²) < 4.78 is 26.7. The van der Waals surface area contributed by atoms with Crippen LogP contribution in [-0.2, 0) is 16.0 Å². The van der Waals surface area contributed by atoms with E-state index in [0.29, 0.717) is 6.42 Å². The van der Waals surface area contributed by atoms with Crippen molar-refractivity contribution in [2.75, 3.05) is 13.6 Å². The molecule has 0 radical (unpaired) electrons. The van der Waals surface area contributed by atoms with Gasteiger partial charge in [-0.15, -0.1) is 0 Å². The fourth-order valence-corrected chi connectivity index (χ4v) is 1.58. The molecular weight excluding hydrogens is 256 g/mol. The van der Waals surface area contributed by atoms with E-state index in [1.54, 1.807) is 0 Å². The van der Waals surface area contributed by atoms with E-state index < -0.39 is 23.5 Å². The number of aliphatic carboxylic acids is 1. The summed E-state index contributed by atoms with van der Waals surface area (Å²) in [6.45, 7) is 0.237. The molecule has 0 unspecified atom stereocenters. The molecule has 1 aromatic carbocycles. The average Bonchev–Trinajstić information content (AvgIpc) is 2.33. The Hall–Kier alpha value is -1.98. The van der Waals surface area contributed by atoms with Gasteiger partial charge in [0, 0.05) is 25.6 Å². The highest BCUT2D eigenvalue weighted by Crippen LogP contribution is 2.13. The molecule has 0 saturated heterocycles. The molecule has 0 heterocycles. The van der Waals surface area contributed by atoms with E-state index in [9.17, 15) is 18.4 Å². The third-order valence-electron chi connectivity index (χ3n) is 2.70. The lowest BCUT2D eigenvalue weighted by atomic mass is 10.1. The van der Waals surface area contributed by atoms with Gasteiger partial charge < -0.3 is 10.0 Å². The number of halogens is 2. The number of amides is 1. The van der Waals surface area contributed by atoms with Gasteiger partial charge in [-0.1, -0.05) is 6.07 Å². The van der Waals surface area contributed by atoms with Gasteiger partial charge in [0.2, 0.25) is 5.91 Å². The Bertz CT molecular complexity index is 457. The fraction of sp³-hybridized carbons (Fsp3) is 0.385. The first-order valence-corrected chi connectivity index (χ1v) is 5.80. The van der Waals surface area contributed by atoms with Crippen molar-refractivity contribution in [2.45, 2.75) is 19.3 Å². The van der Waals surface area contributed by atoms with E-state index in [1.165, 1.54) is 18.0 Å². The first kappa shape index (κ1) is 15.1. The number of benzene rings is 1. The molecule has 1 amide bonds.